The van der Waals surface area contributed by atoms with E-state index in [1.165, 1.54) is 11.1 Å². The molecule has 0 radical (unpaired) electrons. The molecule has 0 aliphatic carbocycles. The van der Waals surface area contributed by atoms with Crippen LogP contribution in [0.2, 0.25) is 0 Å². The normalized spacial score (nSPS) is 16.5. The molecule has 0 unspecified atom stereocenters. The van der Waals surface area contributed by atoms with Crippen LogP contribution in [0.15, 0.2) is 23.3 Å². The van der Waals surface area contributed by atoms with E-state index in [1.807, 2.05) is 0 Å². The van der Waals surface area contributed by atoms with Crippen LogP contribution in [0.25, 0.3) is 0 Å². The third-order valence-corrected chi connectivity index (χ3v) is 3.36. The highest BCUT2D eigenvalue weighted by Gasteiger charge is 2.23. The number of carbonyl (C=O) groups is 2. The molecule has 0 atom stereocenters. The van der Waals surface area contributed by atoms with E-state index in [9.17, 15) is 9.59 Å². The van der Waals surface area contributed by atoms with Gasteiger partial charge in [-0.3, -0.25) is 9.59 Å². The third-order valence-electron chi connectivity index (χ3n) is 3.36. The molecule has 2 aliphatic rings. The van der Waals surface area contributed by atoms with Crippen LogP contribution in [-0.4, -0.2) is 42.8 Å². The zero-order valence-corrected chi connectivity index (χ0v) is 11.4. The average molecular weight is 289 g/mol. The Hall–Kier alpha value is -2.57. The SMILES string of the molecule is O=C(N/N=C\c1ccc2c(c1)OCO2)C(=O)N1CCCC1. The topological polar surface area (TPSA) is 80.2 Å². The number of likely N-dealkylation sites (tertiary alicyclic amines) is 1. The zero-order chi connectivity index (χ0) is 14.7. The summed E-state index contributed by atoms with van der Waals surface area (Å²) in [6.07, 6.45) is 3.34. The Kier molecular flexibility index (Phi) is 3.72. The van der Waals surface area contributed by atoms with Crippen LogP contribution in [0, 0.1) is 0 Å². The number of hydrogen-bond donors (Lipinski definition) is 1. The first-order valence-electron chi connectivity index (χ1n) is 6.76. The highest BCUT2D eigenvalue weighted by atomic mass is 16.7. The van der Waals surface area contributed by atoms with Crippen LogP contribution in [-0.2, 0) is 9.59 Å². The van der Waals surface area contributed by atoms with Crippen LogP contribution >= 0.6 is 0 Å². The number of benzene rings is 1. The Labute approximate surface area is 121 Å². The molecule has 2 amide bonds. The summed E-state index contributed by atoms with van der Waals surface area (Å²) in [5, 5.41) is 3.79. The van der Waals surface area contributed by atoms with E-state index >= 15 is 0 Å². The van der Waals surface area contributed by atoms with Gasteiger partial charge in [0.1, 0.15) is 0 Å². The van der Waals surface area contributed by atoms with Gasteiger partial charge in [0, 0.05) is 13.1 Å². The maximum absolute atomic E-state index is 11.7. The molecule has 2 aliphatic heterocycles. The van der Waals surface area contributed by atoms with Crippen molar-refractivity contribution < 1.29 is 19.1 Å². The predicted molar refractivity (Wildman–Crippen MR) is 74.1 cm³/mol. The van der Waals surface area contributed by atoms with Gasteiger partial charge in [0.25, 0.3) is 0 Å². The van der Waals surface area contributed by atoms with Gasteiger partial charge >= 0.3 is 11.8 Å². The summed E-state index contributed by atoms with van der Waals surface area (Å²) in [4.78, 5) is 24.9. The lowest BCUT2D eigenvalue weighted by Gasteiger charge is -2.12. The number of rotatable bonds is 2. The van der Waals surface area contributed by atoms with Gasteiger partial charge in [0.15, 0.2) is 11.5 Å². The van der Waals surface area contributed by atoms with Crippen LogP contribution < -0.4 is 14.9 Å². The monoisotopic (exact) mass is 289 g/mol. The maximum atomic E-state index is 11.7. The molecule has 3 rings (SSSR count). The lowest BCUT2D eigenvalue weighted by molar-refractivity contribution is -0.145. The number of ether oxygens (including phenoxy) is 2. The summed E-state index contributed by atoms with van der Waals surface area (Å²) < 4.78 is 10.4. The van der Waals surface area contributed by atoms with Crippen molar-refractivity contribution in [2.45, 2.75) is 12.8 Å². The summed E-state index contributed by atoms with van der Waals surface area (Å²) in [5.41, 5.74) is 2.99. The lowest BCUT2D eigenvalue weighted by Crippen LogP contribution is -2.39. The van der Waals surface area contributed by atoms with Crippen molar-refractivity contribution in [3.63, 3.8) is 0 Å². The van der Waals surface area contributed by atoms with E-state index in [2.05, 4.69) is 10.5 Å². The van der Waals surface area contributed by atoms with Gasteiger partial charge < -0.3 is 14.4 Å². The van der Waals surface area contributed by atoms with Crippen molar-refractivity contribution in [1.82, 2.24) is 10.3 Å². The molecule has 0 saturated carbocycles. The van der Waals surface area contributed by atoms with Crippen LogP contribution in [0.4, 0.5) is 0 Å². The number of hydrazone groups is 1. The summed E-state index contributed by atoms with van der Waals surface area (Å²) in [7, 11) is 0. The fourth-order valence-corrected chi connectivity index (χ4v) is 2.27. The van der Waals surface area contributed by atoms with Gasteiger partial charge in [0.2, 0.25) is 6.79 Å². The molecular formula is C14H15N3O4. The quantitative estimate of drug-likeness (QED) is 0.488. The van der Waals surface area contributed by atoms with Gasteiger partial charge in [-0.2, -0.15) is 5.10 Å². The second-order valence-electron chi connectivity index (χ2n) is 4.81. The number of carbonyl (C=O) groups excluding carboxylic acids is 2. The third kappa shape index (κ3) is 2.96. The van der Waals surface area contributed by atoms with Crippen LogP contribution in [0.3, 0.4) is 0 Å². The highest BCUT2D eigenvalue weighted by molar-refractivity contribution is 6.35. The summed E-state index contributed by atoms with van der Waals surface area (Å²) in [5.74, 6) is 0.0723. The first kappa shape index (κ1) is 13.4. The van der Waals surface area contributed by atoms with E-state index in [-0.39, 0.29) is 6.79 Å². The Bertz CT molecular complexity index is 594. The zero-order valence-electron chi connectivity index (χ0n) is 11.4. The van der Waals surface area contributed by atoms with Gasteiger partial charge in [-0.15, -0.1) is 0 Å². The summed E-state index contributed by atoms with van der Waals surface area (Å²) in [6, 6.07) is 5.30. The Morgan fingerprint density at radius 1 is 1.19 bits per heavy atom. The molecule has 1 N–H and O–H groups in total. The summed E-state index contributed by atoms with van der Waals surface area (Å²) in [6.45, 7) is 1.48. The highest BCUT2D eigenvalue weighted by Crippen LogP contribution is 2.31. The van der Waals surface area contributed by atoms with E-state index in [0.29, 0.717) is 24.6 Å². The first-order valence-corrected chi connectivity index (χ1v) is 6.76. The maximum Gasteiger partial charge on any atom is 0.329 e. The Morgan fingerprint density at radius 2 is 1.95 bits per heavy atom. The van der Waals surface area contributed by atoms with Crippen molar-refractivity contribution in [3.8, 4) is 11.5 Å². The van der Waals surface area contributed by atoms with Gasteiger partial charge in [-0.25, -0.2) is 5.43 Å². The Balaban J connectivity index is 1.56. The van der Waals surface area contributed by atoms with Gasteiger partial charge in [-0.05, 0) is 36.6 Å². The van der Waals surface area contributed by atoms with Crippen molar-refractivity contribution >= 4 is 18.0 Å². The molecule has 0 spiro atoms. The van der Waals surface area contributed by atoms with E-state index in [1.54, 1.807) is 18.2 Å². The molecule has 21 heavy (non-hydrogen) atoms. The molecule has 110 valence electrons. The number of nitrogens with one attached hydrogen (secondary N) is 1. The molecule has 7 heteroatoms. The van der Waals surface area contributed by atoms with Gasteiger partial charge in [0.05, 0.1) is 6.21 Å². The smallest absolute Gasteiger partial charge is 0.329 e. The molecule has 0 bridgehead atoms. The molecule has 2 heterocycles. The van der Waals surface area contributed by atoms with Crippen molar-refractivity contribution in [2.75, 3.05) is 19.9 Å². The molecule has 0 aromatic heterocycles. The van der Waals surface area contributed by atoms with Crippen molar-refractivity contribution in [2.24, 2.45) is 5.10 Å². The predicted octanol–water partition coefficient (Wildman–Crippen LogP) is 0.488. The molecule has 1 fully saturated rings. The molecule has 1 saturated heterocycles. The Morgan fingerprint density at radius 3 is 2.76 bits per heavy atom. The number of hydrogen-bond acceptors (Lipinski definition) is 5. The number of nitrogens with zero attached hydrogens (tertiary/aromatic N) is 2. The number of amides is 2. The van der Waals surface area contributed by atoms with E-state index < -0.39 is 11.8 Å². The minimum Gasteiger partial charge on any atom is -0.454 e. The minimum atomic E-state index is -0.714. The second-order valence-corrected chi connectivity index (χ2v) is 4.81. The standard InChI is InChI=1S/C14H15N3O4/c18-13(14(19)17-5-1-2-6-17)16-15-8-10-3-4-11-12(7-10)21-9-20-11/h3-4,7-8H,1-2,5-6,9H2,(H,16,18)/b15-8-. The molecular weight excluding hydrogens is 274 g/mol. The van der Waals surface area contributed by atoms with Crippen molar-refractivity contribution in [3.05, 3.63) is 23.8 Å². The minimum absolute atomic E-state index is 0.205. The van der Waals surface area contributed by atoms with E-state index in [0.717, 1.165) is 18.4 Å². The second kappa shape index (κ2) is 5.82. The molecule has 1 aromatic carbocycles. The molecule has 1 aromatic rings. The van der Waals surface area contributed by atoms with Crippen molar-refractivity contribution in [1.29, 1.82) is 0 Å². The van der Waals surface area contributed by atoms with Gasteiger partial charge in [-0.1, -0.05) is 0 Å². The lowest BCUT2D eigenvalue weighted by atomic mass is 10.2. The molecule has 7 nitrogen and oxygen atoms in total. The van der Waals surface area contributed by atoms with Crippen LogP contribution in [0.1, 0.15) is 18.4 Å². The largest absolute Gasteiger partial charge is 0.454 e. The van der Waals surface area contributed by atoms with Crippen LogP contribution in [0.5, 0.6) is 11.5 Å². The van der Waals surface area contributed by atoms with E-state index in [4.69, 9.17) is 9.47 Å². The summed E-state index contributed by atoms with van der Waals surface area (Å²) >= 11 is 0. The number of fused-ring (bicyclic) bond motifs is 1. The average Bonchev–Trinajstić information content (AvgIpc) is 3.17. The fraction of sp³-hybridized carbons (Fsp3) is 0.357. The fourth-order valence-electron chi connectivity index (χ4n) is 2.27. The first-order chi connectivity index (χ1) is 10.2.